The highest BCUT2D eigenvalue weighted by atomic mass is 16.5. The van der Waals surface area contributed by atoms with E-state index in [9.17, 15) is 0 Å². The van der Waals surface area contributed by atoms with Gasteiger partial charge in [0.15, 0.2) is 0 Å². The molecule has 5 heteroatoms. The molecule has 3 rings (SSSR count). The predicted molar refractivity (Wildman–Crippen MR) is 77.2 cm³/mol. The Kier molecular flexibility index (Phi) is 3.82. The van der Waals surface area contributed by atoms with Crippen molar-refractivity contribution in [3.8, 4) is 5.69 Å². The van der Waals surface area contributed by atoms with Gasteiger partial charge in [0.25, 0.3) is 0 Å². The van der Waals surface area contributed by atoms with Crippen molar-refractivity contribution in [3.05, 3.63) is 48.3 Å². The molecule has 3 N–H and O–H groups in total. The van der Waals surface area contributed by atoms with Crippen LogP contribution < -0.4 is 11.3 Å². The zero-order chi connectivity index (χ0) is 13.9. The highest BCUT2D eigenvalue weighted by Crippen LogP contribution is 2.30. The molecule has 106 valence electrons. The van der Waals surface area contributed by atoms with Crippen LogP contribution in [-0.4, -0.2) is 22.0 Å². The van der Waals surface area contributed by atoms with Crippen molar-refractivity contribution in [1.82, 2.24) is 15.2 Å². The molecule has 1 aliphatic rings. The number of para-hydroxylation sites is 1. The summed E-state index contributed by atoms with van der Waals surface area (Å²) in [4.78, 5) is 0. The Hall–Kier alpha value is -1.69. The summed E-state index contributed by atoms with van der Waals surface area (Å²) in [6.45, 7) is 2.10. The van der Waals surface area contributed by atoms with E-state index < -0.39 is 0 Å². The van der Waals surface area contributed by atoms with E-state index in [-0.39, 0.29) is 12.1 Å². The SMILES string of the molecule is CC1CCC(C(NN)c2ccnn2-c2ccccc2)O1. The normalized spacial score (nSPS) is 23.9. The Labute approximate surface area is 118 Å². The Morgan fingerprint density at radius 2 is 2.10 bits per heavy atom. The summed E-state index contributed by atoms with van der Waals surface area (Å²) in [7, 11) is 0. The zero-order valence-corrected chi connectivity index (χ0v) is 11.6. The molecule has 5 nitrogen and oxygen atoms in total. The molecule has 1 saturated heterocycles. The number of hydrogen-bond donors (Lipinski definition) is 2. The first kappa shape index (κ1) is 13.3. The maximum absolute atomic E-state index is 5.95. The van der Waals surface area contributed by atoms with Crippen LogP contribution in [0.25, 0.3) is 5.69 Å². The molecule has 1 aliphatic heterocycles. The molecule has 0 amide bonds. The first-order chi connectivity index (χ1) is 9.79. The number of hydrogen-bond acceptors (Lipinski definition) is 4. The van der Waals surface area contributed by atoms with Crippen molar-refractivity contribution in [3.63, 3.8) is 0 Å². The minimum absolute atomic E-state index is 0.0531. The van der Waals surface area contributed by atoms with Gasteiger partial charge in [-0.15, -0.1) is 0 Å². The molecule has 2 aromatic rings. The molecule has 3 atom stereocenters. The fourth-order valence-electron chi connectivity index (χ4n) is 2.80. The first-order valence-corrected chi connectivity index (χ1v) is 7.00. The van der Waals surface area contributed by atoms with Crippen LogP contribution in [-0.2, 0) is 4.74 Å². The van der Waals surface area contributed by atoms with E-state index in [4.69, 9.17) is 10.6 Å². The average molecular weight is 272 g/mol. The predicted octanol–water partition coefficient (Wildman–Crippen LogP) is 1.94. The molecule has 20 heavy (non-hydrogen) atoms. The van der Waals surface area contributed by atoms with Crippen LogP contribution in [0.3, 0.4) is 0 Å². The molecule has 3 unspecified atom stereocenters. The quantitative estimate of drug-likeness (QED) is 0.659. The van der Waals surface area contributed by atoms with E-state index in [0.717, 1.165) is 24.2 Å². The number of ether oxygens (including phenoxy) is 1. The molecule has 1 fully saturated rings. The summed E-state index contributed by atoms with van der Waals surface area (Å²) in [5, 5.41) is 4.41. The lowest BCUT2D eigenvalue weighted by Crippen LogP contribution is -2.38. The van der Waals surface area contributed by atoms with Crippen molar-refractivity contribution in [2.45, 2.75) is 38.0 Å². The monoisotopic (exact) mass is 272 g/mol. The van der Waals surface area contributed by atoms with Gasteiger partial charge in [-0.05, 0) is 38.0 Å². The van der Waals surface area contributed by atoms with Gasteiger partial charge in [-0.25, -0.2) is 10.1 Å². The largest absolute Gasteiger partial charge is 0.373 e. The number of hydrazine groups is 1. The van der Waals surface area contributed by atoms with Crippen molar-refractivity contribution in [1.29, 1.82) is 0 Å². The lowest BCUT2D eigenvalue weighted by Gasteiger charge is -2.23. The smallest absolute Gasteiger partial charge is 0.0895 e. The van der Waals surface area contributed by atoms with Crippen molar-refractivity contribution < 1.29 is 4.74 Å². The molecule has 0 saturated carbocycles. The van der Waals surface area contributed by atoms with Gasteiger partial charge in [0.05, 0.1) is 29.6 Å². The van der Waals surface area contributed by atoms with Gasteiger partial charge in [0.2, 0.25) is 0 Å². The third kappa shape index (κ3) is 2.47. The molecule has 0 aliphatic carbocycles. The van der Waals surface area contributed by atoms with Gasteiger partial charge in [-0.2, -0.15) is 5.10 Å². The van der Waals surface area contributed by atoms with Gasteiger partial charge in [0.1, 0.15) is 0 Å². The second kappa shape index (κ2) is 5.75. The van der Waals surface area contributed by atoms with E-state index in [1.807, 2.05) is 41.1 Å². The third-order valence-corrected chi connectivity index (χ3v) is 3.81. The van der Waals surface area contributed by atoms with E-state index in [0.29, 0.717) is 6.10 Å². The van der Waals surface area contributed by atoms with Crippen LogP contribution in [0.5, 0.6) is 0 Å². The van der Waals surface area contributed by atoms with Crippen molar-refractivity contribution in [2.75, 3.05) is 0 Å². The Morgan fingerprint density at radius 1 is 1.30 bits per heavy atom. The molecule has 0 radical (unpaired) electrons. The average Bonchev–Trinajstić information content (AvgIpc) is 3.11. The minimum Gasteiger partial charge on any atom is -0.373 e. The Bertz CT molecular complexity index is 554. The standard InChI is InChI=1S/C15H20N4O/c1-11-7-8-14(20-11)15(18-16)13-9-10-17-19(13)12-5-3-2-4-6-12/h2-6,9-11,14-15,18H,7-8,16H2,1H3. The van der Waals surface area contributed by atoms with Crippen LogP contribution in [0.2, 0.25) is 0 Å². The first-order valence-electron chi connectivity index (χ1n) is 7.00. The number of nitrogens with zero attached hydrogens (tertiary/aromatic N) is 2. The molecule has 2 heterocycles. The number of rotatable bonds is 4. The molecular formula is C15H20N4O. The summed E-state index contributed by atoms with van der Waals surface area (Å²) >= 11 is 0. The van der Waals surface area contributed by atoms with Crippen LogP contribution in [0.15, 0.2) is 42.6 Å². The topological polar surface area (TPSA) is 65.1 Å². The van der Waals surface area contributed by atoms with E-state index in [1.54, 1.807) is 6.20 Å². The van der Waals surface area contributed by atoms with Gasteiger partial charge in [-0.3, -0.25) is 5.84 Å². The molecule has 0 bridgehead atoms. The molecular weight excluding hydrogens is 252 g/mol. The molecule has 0 spiro atoms. The lowest BCUT2D eigenvalue weighted by atomic mass is 10.0. The highest BCUT2D eigenvalue weighted by molar-refractivity contribution is 5.33. The van der Waals surface area contributed by atoms with Crippen molar-refractivity contribution in [2.24, 2.45) is 5.84 Å². The molecule has 1 aromatic carbocycles. The lowest BCUT2D eigenvalue weighted by molar-refractivity contribution is 0.0301. The van der Waals surface area contributed by atoms with Gasteiger partial charge < -0.3 is 4.74 Å². The van der Waals surface area contributed by atoms with E-state index in [1.165, 1.54) is 0 Å². The van der Waals surface area contributed by atoms with Gasteiger partial charge >= 0.3 is 0 Å². The van der Waals surface area contributed by atoms with Gasteiger partial charge in [0, 0.05) is 6.20 Å². The number of nitrogens with two attached hydrogens (primary N) is 1. The number of nitrogens with one attached hydrogen (secondary N) is 1. The van der Waals surface area contributed by atoms with Gasteiger partial charge in [-0.1, -0.05) is 18.2 Å². The van der Waals surface area contributed by atoms with E-state index >= 15 is 0 Å². The van der Waals surface area contributed by atoms with Crippen LogP contribution >= 0.6 is 0 Å². The van der Waals surface area contributed by atoms with Crippen molar-refractivity contribution >= 4 is 0 Å². The Morgan fingerprint density at radius 3 is 2.75 bits per heavy atom. The van der Waals surface area contributed by atoms with E-state index in [2.05, 4.69) is 17.4 Å². The summed E-state index contributed by atoms with van der Waals surface area (Å²) in [6.07, 6.45) is 4.27. The van der Waals surface area contributed by atoms with Crippen LogP contribution in [0, 0.1) is 0 Å². The molecule has 1 aromatic heterocycles. The number of benzene rings is 1. The Balaban J connectivity index is 1.91. The van der Waals surface area contributed by atoms with Crippen LogP contribution in [0.1, 0.15) is 31.5 Å². The highest BCUT2D eigenvalue weighted by Gasteiger charge is 2.32. The minimum atomic E-state index is -0.0531. The fraction of sp³-hybridized carbons (Fsp3) is 0.400. The maximum Gasteiger partial charge on any atom is 0.0895 e. The summed E-state index contributed by atoms with van der Waals surface area (Å²) in [5.41, 5.74) is 4.94. The number of aromatic nitrogens is 2. The second-order valence-corrected chi connectivity index (χ2v) is 5.21. The maximum atomic E-state index is 5.95. The third-order valence-electron chi connectivity index (χ3n) is 3.81. The summed E-state index contributed by atoms with van der Waals surface area (Å²) in [6, 6.07) is 12.0. The summed E-state index contributed by atoms with van der Waals surface area (Å²) in [5.74, 6) is 5.77. The zero-order valence-electron chi connectivity index (χ0n) is 11.6. The van der Waals surface area contributed by atoms with Crippen LogP contribution in [0.4, 0.5) is 0 Å². The summed E-state index contributed by atoms with van der Waals surface area (Å²) < 4.78 is 7.86. The second-order valence-electron chi connectivity index (χ2n) is 5.21. The fourth-order valence-corrected chi connectivity index (χ4v) is 2.80.